The van der Waals surface area contributed by atoms with Crippen LogP contribution in [0.25, 0.3) is 0 Å². The molecule has 166 valence electrons. The summed E-state index contributed by atoms with van der Waals surface area (Å²) in [6.07, 6.45) is 4.93. The number of fused-ring (bicyclic) bond motifs is 2. The standard InChI is InChI=1S/C25H32BrN3O2/c1-17-8-9-21-18(14-17)6-5-7-19-15-20(26)16-27-22(19)23(21)28-10-12-29(13-11-28)24(30)31-25(2,3)4/h8-9,14-16,23H,5-7,10-13H2,1-4H3. The molecule has 2 heterocycles. The van der Waals surface area contributed by atoms with Gasteiger partial charge in [-0.05, 0) is 85.6 Å². The molecule has 0 spiro atoms. The van der Waals surface area contributed by atoms with E-state index in [4.69, 9.17) is 9.72 Å². The Bertz CT molecular complexity index is 908. The van der Waals surface area contributed by atoms with Crippen molar-refractivity contribution in [3.05, 3.63) is 62.9 Å². The molecule has 1 amide bonds. The summed E-state index contributed by atoms with van der Waals surface area (Å²) < 4.78 is 6.62. The van der Waals surface area contributed by atoms with Crippen molar-refractivity contribution >= 4 is 22.0 Å². The van der Waals surface area contributed by atoms with E-state index in [0.717, 1.165) is 42.5 Å². The Hall–Kier alpha value is -1.92. The van der Waals surface area contributed by atoms with Gasteiger partial charge in [0, 0.05) is 36.8 Å². The number of rotatable bonds is 1. The highest BCUT2D eigenvalue weighted by Gasteiger charge is 2.33. The highest BCUT2D eigenvalue weighted by atomic mass is 79.9. The molecule has 0 N–H and O–H groups in total. The maximum absolute atomic E-state index is 12.5. The maximum atomic E-state index is 12.5. The van der Waals surface area contributed by atoms with Gasteiger partial charge in [0.15, 0.2) is 0 Å². The number of aryl methyl sites for hydroxylation is 3. The molecule has 1 fully saturated rings. The van der Waals surface area contributed by atoms with Crippen LogP contribution in [0.3, 0.4) is 0 Å². The average molecular weight is 486 g/mol. The van der Waals surface area contributed by atoms with Crippen molar-refractivity contribution in [1.29, 1.82) is 0 Å². The van der Waals surface area contributed by atoms with Gasteiger partial charge in [-0.3, -0.25) is 9.88 Å². The van der Waals surface area contributed by atoms with Gasteiger partial charge in [-0.1, -0.05) is 23.8 Å². The molecule has 0 saturated carbocycles. The van der Waals surface area contributed by atoms with Crippen LogP contribution in [0.1, 0.15) is 61.2 Å². The third-order valence-corrected chi connectivity index (χ3v) is 6.48. The number of halogens is 1. The summed E-state index contributed by atoms with van der Waals surface area (Å²) in [5, 5.41) is 0. The van der Waals surface area contributed by atoms with Crippen LogP contribution >= 0.6 is 15.9 Å². The predicted molar refractivity (Wildman–Crippen MR) is 126 cm³/mol. The second-order valence-electron chi connectivity index (χ2n) is 9.66. The molecule has 1 aliphatic carbocycles. The lowest BCUT2D eigenvalue weighted by Gasteiger charge is -2.41. The van der Waals surface area contributed by atoms with Crippen molar-refractivity contribution in [3.63, 3.8) is 0 Å². The molecule has 6 heteroatoms. The Morgan fingerprint density at radius 2 is 1.81 bits per heavy atom. The van der Waals surface area contributed by atoms with E-state index in [2.05, 4.69) is 52.0 Å². The number of aromatic nitrogens is 1. The van der Waals surface area contributed by atoms with E-state index < -0.39 is 5.60 Å². The van der Waals surface area contributed by atoms with Crippen LogP contribution in [0.2, 0.25) is 0 Å². The number of carbonyl (C=O) groups is 1. The second kappa shape index (κ2) is 8.91. The topological polar surface area (TPSA) is 45.7 Å². The lowest BCUT2D eigenvalue weighted by molar-refractivity contribution is 0.0117. The molecular formula is C25H32BrN3O2. The number of ether oxygens (including phenoxy) is 1. The smallest absolute Gasteiger partial charge is 0.410 e. The van der Waals surface area contributed by atoms with E-state index >= 15 is 0 Å². The van der Waals surface area contributed by atoms with Crippen molar-refractivity contribution in [3.8, 4) is 0 Å². The highest BCUT2D eigenvalue weighted by Crippen LogP contribution is 2.36. The minimum Gasteiger partial charge on any atom is -0.444 e. The van der Waals surface area contributed by atoms with E-state index in [9.17, 15) is 4.79 Å². The van der Waals surface area contributed by atoms with Crippen molar-refractivity contribution in [2.45, 2.75) is 58.6 Å². The predicted octanol–water partition coefficient (Wildman–Crippen LogP) is 5.28. The van der Waals surface area contributed by atoms with Crippen molar-refractivity contribution in [2.75, 3.05) is 26.2 Å². The molecule has 0 bridgehead atoms. The van der Waals surface area contributed by atoms with Crippen LogP contribution in [-0.4, -0.2) is 52.7 Å². The summed E-state index contributed by atoms with van der Waals surface area (Å²) in [4.78, 5) is 21.8. The number of piperazine rings is 1. The first-order valence-corrected chi connectivity index (χ1v) is 12.0. The molecule has 1 atom stereocenters. The number of hydrogen-bond donors (Lipinski definition) is 0. The van der Waals surface area contributed by atoms with Crippen LogP contribution in [0.5, 0.6) is 0 Å². The van der Waals surface area contributed by atoms with Gasteiger partial charge >= 0.3 is 6.09 Å². The molecule has 1 aromatic carbocycles. The van der Waals surface area contributed by atoms with Gasteiger partial charge in [0.2, 0.25) is 0 Å². The van der Waals surface area contributed by atoms with Crippen molar-refractivity contribution < 1.29 is 9.53 Å². The summed E-state index contributed by atoms with van der Waals surface area (Å²) in [5.41, 5.74) is 6.08. The maximum Gasteiger partial charge on any atom is 0.410 e. The van der Waals surface area contributed by atoms with E-state index in [0.29, 0.717) is 13.1 Å². The Morgan fingerprint density at radius 1 is 1.10 bits per heavy atom. The van der Waals surface area contributed by atoms with Crippen LogP contribution in [0.15, 0.2) is 34.9 Å². The molecular weight excluding hydrogens is 454 g/mol. The van der Waals surface area contributed by atoms with Gasteiger partial charge < -0.3 is 9.64 Å². The molecule has 1 aromatic heterocycles. The first-order chi connectivity index (χ1) is 14.7. The van der Waals surface area contributed by atoms with Crippen molar-refractivity contribution in [2.24, 2.45) is 0 Å². The van der Waals surface area contributed by atoms with E-state index in [1.165, 1.54) is 22.3 Å². The number of hydrogen-bond acceptors (Lipinski definition) is 4. The number of nitrogens with zero attached hydrogens (tertiary/aromatic N) is 3. The molecule has 4 rings (SSSR count). The Labute approximate surface area is 193 Å². The fraction of sp³-hybridized carbons (Fsp3) is 0.520. The fourth-order valence-corrected chi connectivity index (χ4v) is 5.01. The summed E-state index contributed by atoms with van der Waals surface area (Å²) in [6, 6.07) is 9.17. The van der Waals surface area contributed by atoms with Crippen LogP contribution in [0, 0.1) is 6.92 Å². The molecule has 1 aliphatic heterocycles. The first kappa shape index (κ1) is 22.3. The van der Waals surface area contributed by atoms with Gasteiger partial charge in [-0.2, -0.15) is 0 Å². The van der Waals surface area contributed by atoms with Gasteiger partial charge in [-0.25, -0.2) is 4.79 Å². The van der Waals surface area contributed by atoms with Gasteiger partial charge in [0.1, 0.15) is 5.60 Å². The summed E-state index contributed by atoms with van der Waals surface area (Å²) in [6.45, 7) is 10.8. The molecule has 1 unspecified atom stereocenters. The lowest BCUT2D eigenvalue weighted by atomic mass is 9.86. The Morgan fingerprint density at radius 3 is 2.52 bits per heavy atom. The van der Waals surface area contributed by atoms with Crippen molar-refractivity contribution in [1.82, 2.24) is 14.8 Å². The monoisotopic (exact) mass is 485 g/mol. The number of benzene rings is 1. The summed E-state index contributed by atoms with van der Waals surface area (Å²) in [5.74, 6) is 0. The third kappa shape index (κ3) is 5.12. The fourth-order valence-electron chi connectivity index (χ4n) is 4.63. The van der Waals surface area contributed by atoms with Crippen LogP contribution < -0.4 is 0 Å². The number of pyridine rings is 1. The zero-order valence-electron chi connectivity index (χ0n) is 18.9. The number of amides is 1. The van der Waals surface area contributed by atoms with Crippen LogP contribution in [-0.2, 0) is 17.6 Å². The van der Waals surface area contributed by atoms with Crippen LogP contribution in [0.4, 0.5) is 4.79 Å². The molecule has 2 aliphatic rings. The SMILES string of the molecule is Cc1ccc2c(c1)CCCc1cc(Br)cnc1C2N1CCN(C(=O)OC(C)(C)C)CC1. The zero-order valence-corrected chi connectivity index (χ0v) is 20.5. The minimum atomic E-state index is -0.471. The highest BCUT2D eigenvalue weighted by molar-refractivity contribution is 9.10. The minimum absolute atomic E-state index is 0.111. The van der Waals surface area contributed by atoms with Gasteiger partial charge in [0.05, 0.1) is 11.7 Å². The Kier molecular flexibility index (Phi) is 6.40. The quantitative estimate of drug-likeness (QED) is 0.550. The van der Waals surface area contributed by atoms with E-state index in [1.54, 1.807) is 0 Å². The molecule has 5 nitrogen and oxygen atoms in total. The third-order valence-electron chi connectivity index (χ3n) is 6.04. The molecule has 1 saturated heterocycles. The second-order valence-corrected chi connectivity index (χ2v) is 10.6. The molecule has 31 heavy (non-hydrogen) atoms. The summed E-state index contributed by atoms with van der Waals surface area (Å²) in [7, 11) is 0. The number of carbonyl (C=O) groups excluding carboxylic acids is 1. The van der Waals surface area contributed by atoms with E-state index in [1.807, 2.05) is 31.9 Å². The zero-order chi connectivity index (χ0) is 22.2. The summed E-state index contributed by atoms with van der Waals surface area (Å²) >= 11 is 3.61. The largest absolute Gasteiger partial charge is 0.444 e. The Balaban J connectivity index is 1.64. The van der Waals surface area contributed by atoms with E-state index in [-0.39, 0.29) is 12.1 Å². The van der Waals surface area contributed by atoms with Gasteiger partial charge in [-0.15, -0.1) is 0 Å². The average Bonchev–Trinajstić information content (AvgIpc) is 2.69. The first-order valence-electron chi connectivity index (χ1n) is 11.2. The normalized spacial score (nSPS) is 19.8. The van der Waals surface area contributed by atoms with Gasteiger partial charge in [0.25, 0.3) is 0 Å². The lowest BCUT2D eigenvalue weighted by Crippen LogP contribution is -2.51. The molecule has 0 radical (unpaired) electrons. The molecule has 2 aromatic rings.